The van der Waals surface area contributed by atoms with Crippen molar-refractivity contribution in [1.82, 2.24) is 20.0 Å². The lowest BCUT2D eigenvalue weighted by Crippen LogP contribution is -2.51. The number of nitrogens with zero attached hydrogens (tertiary/aromatic N) is 5. The highest BCUT2D eigenvalue weighted by molar-refractivity contribution is 5.55. The van der Waals surface area contributed by atoms with Gasteiger partial charge in [-0.3, -0.25) is 4.90 Å². The molecule has 1 unspecified atom stereocenters. The smallest absolute Gasteiger partial charge is 0.259 e. The van der Waals surface area contributed by atoms with Crippen LogP contribution in [0, 0.1) is 0 Å². The average molecular weight is 363 g/mol. The van der Waals surface area contributed by atoms with Gasteiger partial charge in [-0.15, -0.1) is 0 Å². The Kier molecular flexibility index (Phi) is 5.16. The van der Waals surface area contributed by atoms with Crippen LogP contribution in [0.3, 0.4) is 0 Å². The summed E-state index contributed by atoms with van der Waals surface area (Å²) in [6.07, 6.45) is 3.64. The fraction of sp³-hybridized carbons (Fsp3) is 0.381. The van der Waals surface area contributed by atoms with Crippen molar-refractivity contribution in [1.29, 1.82) is 0 Å². The largest absolute Gasteiger partial charge is 0.354 e. The number of hydrogen-bond donors (Lipinski definition) is 0. The minimum Gasteiger partial charge on any atom is -0.354 e. The summed E-state index contributed by atoms with van der Waals surface area (Å²) in [4.78, 5) is 13.9. The number of likely N-dealkylation sites (N-methyl/N-ethyl adjacent to an activating group) is 1. The Hall–Kier alpha value is -2.73. The first-order valence-corrected chi connectivity index (χ1v) is 9.51. The van der Waals surface area contributed by atoms with Gasteiger partial charge in [-0.1, -0.05) is 42.4 Å². The Balaban J connectivity index is 1.45. The van der Waals surface area contributed by atoms with Crippen molar-refractivity contribution in [3.8, 4) is 11.5 Å². The zero-order valence-electron chi connectivity index (χ0n) is 15.9. The van der Waals surface area contributed by atoms with Gasteiger partial charge in [0.2, 0.25) is 0 Å². The first-order chi connectivity index (χ1) is 13.2. The van der Waals surface area contributed by atoms with Crippen LogP contribution in [-0.2, 0) is 6.42 Å². The van der Waals surface area contributed by atoms with Gasteiger partial charge in [0.05, 0.1) is 5.56 Å². The third-order valence-corrected chi connectivity index (χ3v) is 5.24. The lowest BCUT2D eigenvalue weighted by atomic mass is 10.1. The van der Waals surface area contributed by atoms with Crippen LogP contribution in [0.4, 0.5) is 5.82 Å². The summed E-state index contributed by atoms with van der Waals surface area (Å²) < 4.78 is 5.44. The second kappa shape index (κ2) is 7.88. The first kappa shape index (κ1) is 17.7. The molecule has 140 valence electrons. The molecule has 27 heavy (non-hydrogen) atoms. The van der Waals surface area contributed by atoms with Gasteiger partial charge in [0, 0.05) is 38.3 Å². The molecule has 4 rings (SSSR count). The number of piperazine rings is 1. The Morgan fingerprint density at radius 3 is 2.70 bits per heavy atom. The number of rotatable bonds is 5. The molecule has 2 aromatic heterocycles. The van der Waals surface area contributed by atoms with Crippen LogP contribution in [0.25, 0.3) is 11.5 Å². The van der Waals surface area contributed by atoms with Crippen molar-refractivity contribution in [2.24, 2.45) is 0 Å². The number of pyridine rings is 1. The fourth-order valence-corrected chi connectivity index (χ4v) is 3.52. The van der Waals surface area contributed by atoms with Crippen molar-refractivity contribution < 1.29 is 4.52 Å². The van der Waals surface area contributed by atoms with E-state index >= 15 is 0 Å². The van der Waals surface area contributed by atoms with Gasteiger partial charge in [-0.05, 0) is 31.2 Å². The quantitative estimate of drug-likeness (QED) is 0.693. The second-order valence-electron chi connectivity index (χ2n) is 7.07. The summed E-state index contributed by atoms with van der Waals surface area (Å²) in [6, 6.07) is 14.8. The molecule has 0 spiro atoms. The molecule has 3 aromatic rings. The molecule has 0 N–H and O–H groups in total. The molecule has 0 bridgehead atoms. The molecule has 6 heteroatoms. The van der Waals surface area contributed by atoms with E-state index in [4.69, 9.17) is 4.52 Å². The zero-order chi connectivity index (χ0) is 18.6. The molecule has 1 aromatic carbocycles. The molecular weight excluding hydrogens is 338 g/mol. The Labute approximate surface area is 159 Å². The van der Waals surface area contributed by atoms with Gasteiger partial charge >= 0.3 is 0 Å². The van der Waals surface area contributed by atoms with Crippen LogP contribution in [0.1, 0.15) is 24.7 Å². The molecule has 1 fully saturated rings. The van der Waals surface area contributed by atoms with E-state index in [0.717, 1.165) is 37.4 Å². The van der Waals surface area contributed by atoms with E-state index in [2.05, 4.69) is 57.1 Å². The van der Waals surface area contributed by atoms with E-state index in [1.54, 1.807) is 0 Å². The summed E-state index contributed by atoms with van der Waals surface area (Å²) in [6.45, 7) is 5.32. The highest BCUT2D eigenvalue weighted by Gasteiger charge is 2.23. The molecule has 0 amide bonds. The van der Waals surface area contributed by atoms with Crippen LogP contribution in [0.5, 0.6) is 0 Å². The van der Waals surface area contributed by atoms with Crippen molar-refractivity contribution >= 4 is 5.82 Å². The Morgan fingerprint density at radius 1 is 1.11 bits per heavy atom. The fourth-order valence-electron chi connectivity index (χ4n) is 3.52. The van der Waals surface area contributed by atoms with E-state index in [-0.39, 0.29) is 0 Å². The van der Waals surface area contributed by atoms with Gasteiger partial charge in [0.15, 0.2) is 5.82 Å². The average Bonchev–Trinajstić information content (AvgIpc) is 3.18. The molecule has 0 radical (unpaired) electrons. The van der Waals surface area contributed by atoms with Gasteiger partial charge in [-0.2, -0.15) is 4.98 Å². The minimum atomic E-state index is 0.518. The highest BCUT2D eigenvalue weighted by atomic mass is 16.5. The maximum atomic E-state index is 5.44. The van der Waals surface area contributed by atoms with Crippen LogP contribution in [-0.4, -0.2) is 52.7 Å². The van der Waals surface area contributed by atoms with Crippen LogP contribution in [0.2, 0.25) is 0 Å². The maximum absolute atomic E-state index is 5.44. The number of benzene rings is 1. The summed E-state index contributed by atoms with van der Waals surface area (Å²) in [5, 5.41) is 4.10. The molecule has 0 aliphatic carbocycles. The van der Waals surface area contributed by atoms with E-state index in [1.807, 2.05) is 30.5 Å². The third-order valence-electron chi connectivity index (χ3n) is 5.24. The van der Waals surface area contributed by atoms with Gasteiger partial charge in [0.1, 0.15) is 5.82 Å². The molecule has 1 aliphatic rings. The summed E-state index contributed by atoms with van der Waals surface area (Å²) in [5.74, 6) is 2.21. The number of anilines is 1. The number of aromatic nitrogens is 3. The maximum Gasteiger partial charge on any atom is 0.259 e. The molecule has 1 aliphatic heterocycles. The lowest BCUT2D eigenvalue weighted by Gasteiger charge is -2.39. The van der Waals surface area contributed by atoms with Crippen molar-refractivity contribution in [2.45, 2.75) is 25.8 Å². The normalized spacial score (nSPS) is 18.0. The first-order valence-electron chi connectivity index (χ1n) is 9.51. The van der Waals surface area contributed by atoms with E-state index in [9.17, 15) is 0 Å². The van der Waals surface area contributed by atoms with Crippen LogP contribution in [0.15, 0.2) is 53.2 Å². The minimum absolute atomic E-state index is 0.518. The monoisotopic (exact) mass is 363 g/mol. The summed E-state index contributed by atoms with van der Waals surface area (Å²) in [5.41, 5.74) is 2.02. The van der Waals surface area contributed by atoms with Crippen LogP contribution >= 0.6 is 0 Å². The van der Waals surface area contributed by atoms with Crippen molar-refractivity contribution in [3.63, 3.8) is 0 Å². The molecule has 1 atom stereocenters. The molecular formula is C21H25N5O. The van der Waals surface area contributed by atoms with Crippen molar-refractivity contribution in [2.75, 3.05) is 31.6 Å². The molecule has 0 saturated carbocycles. The van der Waals surface area contributed by atoms with Crippen LogP contribution < -0.4 is 4.90 Å². The Bertz CT molecular complexity index is 862. The summed E-state index contributed by atoms with van der Waals surface area (Å²) in [7, 11) is 2.20. The Morgan fingerprint density at radius 2 is 1.96 bits per heavy atom. The van der Waals surface area contributed by atoms with Crippen molar-refractivity contribution in [3.05, 3.63) is 60.0 Å². The van der Waals surface area contributed by atoms with E-state index in [0.29, 0.717) is 24.2 Å². The van der Waals surface area contributed by atoms with Gasteiger partial charge < -0.3 is 9.42 Å². The van der Waals surface area contributed by atoms with E-state index in [1.165, 1.54) is 5.56 Å². The van der Waals surface area contributed by atoms with E-state index < -0.39 is 0 Å². The SMILES string of the molecule is CCC1CN(c2ccc(-c3nc(Cc4ccccc4)no3)cn2)CCN1C. The zero-order valence-corrected chi connectivity index (χ0v) is 15.9. The lowest BCUT2D eigenvalue weighted by molar-refractivity contribution is 0.213. The topological polar surface area (TPSA) is 58.3 Å². The molecule has 3 heterocycles. The molecule has 6 nitrogen and oxygen atoms in total. The highest BCUT2D eigenvalue weighted by Crippen LogP contribution is 2.22. The second-order valence-corrected chi connectivity index (χ2v) is 7.07. The molecule has 1 saturated heterocycles. The predicted octanol–water partition coefficient (Wildman–Crippen LogP) is 3.25. The van der Waals surface area contributed by atoms with Gasteiger partial charge in [0.25, 0.3) is 5.89 Å². The summed E-state index contributed by atoms with van der Waals surface area (Å²) >= 11 is 0. The standard InChI is InChI=1S/C21H25N5O/c1-3-18-15-26(12-11-25(18)2)20-10-9-17(14-22-20)21-23-19(24-27-21)13-16-7-5-4-6-8-16/h4-10,14,18H,3,11-13,15H2,1-2H3. The third kappa shape index (κ3) is 4.01. The number of hydrogen-bond acceptors (Lipinski definition) is 6. The van der Waals surface area contributed by atoms with Gasteiger partial charge in [-0.25, -0.2) is 4.98 Å². The predicted molar refractivity (Wildman–Crippen MR) is 106 cm³/mol.